The summed E-state index contributed by atoms with van der Waals surface area (Å²) in [7, 11) is 0. The number of benzene rings is 9. The second kappa shape index (κ2) is 11.3. The van der Waals surface area contributed by atoms with Crippen molar-refractivity contribution in [1.82, 2.24) is 9.55 Å². The second-order valence-electron chi connectivity index (χ2n) is 12.9. The van der Waals surface area contributed by atoms with Crippen molar-refractivity contribution >= 4 is 54.1 Å². The van der Waals surface area contributed by atoms with Crippen LogP contribution in [-0.4, -0.2) is 9.55 Å². The molecule has 0 amide bonds. The Morgan fingerprint density at radius 1 is 0.400 bits per heavy atom. The SMILES string of the molecule is Fc1ccc2c(c1)nc(-c1ccc(-c3cc4ccccc4c4ccccc34)cc1)n2-c1ccc(-c2cc3ccccc3c3ccccc23)cc1. The summed E-state index contributed by atoms with van der Waals surface area (Å²) in [6, 6.07) is 61.0. The second-order valence-corrected chi connectivity index (χ2v) is 12.9. The normalized spacial score (nSPS) is 11.7. The molecule has 0 atom stereocenters. The lowest BCUT2D eigenvalue weighted by Gasteiger charge is -2.14. The third-order valence-electron chi connectivity index (χ3n) is 10.0. The van der Waals surface area contributed by atoms with Crippen molar-refractivity contribution in [2.45, 2.75) is 0 Å². The topological polar surface area (TPSA) is 17.8 Å². The largest absolute Gasteiger partial charge is 0.292 e. The quantitative estimate of drug-likeness (QED) is 0.175. The van der Waals surface area contributed by atoms with Crippen molar-refractivity contribution in [3.8, 4) is 39.3 Å². The zero-order valence-corrected chi connectivity index (χ0v) is 27.0. The van der Waals surface area contributed by atoms with Gasteiger partial charge in [-0.15, -0.1) is 0 Å². The summed E-state index contributed by atoms with van der Waals surface area (Å²) < 4.78 is 16.6. The first kappa shape index (κ1) is 28.4. The Bertz CT molecular complexity index is 2920. The van der Waals surface area contributed by atoms with Crippen molar-refractivity contribution in [2.24, 2.45) is 0 Å². The molecule has 0 radical (unpaired) electrons. The van der Waals surface area contributed by atoms with Gasteiger partial charge in [-0.1, -0.05) is 133 Å². The molecule has 50 heavy (non-hydrogen) atoms. The van der Waals surface area contributed by atoms with Gasteiger partial charge in [-0.2, -0.15) is 0 Å². The highest BCUT2D eigenvalue weighted by Gasteiger charge is 2.17. The highest BCUT2D eigenvalue weighted by Crippen LogP contribution is 2.38. The maximum absolute atomic E-state index is 14.5. The zero-order valence-electron chi connectivity index (χ0n) is 27.0. The molecule has 0 aliphatic heterocycles. The van der Waals surface area contributed by atoms with Crippen LogP contribution < -0.4 is 0 Å². The zero-order chi connectivity index (χ0) is 33.2. The lowest BCUT2D eigenvalue weighted by molar-refractivity contribution is 0.629. The van der Waals surface area contributed by atoms with Gasteiger partial charge in [0.1, 0.15) is 11.6 Å². The molecule has 0 fully saturated rings. The van der Waals surface area contributed by atoms with Crippen molar-refractivity contribution in [3.05, 3.63) is 182 Å². The van der Waals surface area contributed by atoms with E-state index in [0.717, 1.165) is 33.7 Å². The summed E-state index contributed by atoms with van der Waals surface area (Å²) in [5.41, 5.74) is 8.06. The number of fused-ring (bicyclic) bond motifs is 7. The molecule has 0 saturated heterocycles. The number of halogens is 1. The molecule has 0 unspecified atom stereocenters. The lowest BCUT2D eigenvalue weighted by Crippen LogP contribution is -1.98. The third-order valence-corrected chi connectivity index (χ3v) is 10.0. The van der Waals surface area contributed by atoms with E-state index in [1.165, 1.54) is 66.3 Å². The highest BCUT2D eigenvalue weighted by atomic mass is 19.1. The van der Waals surface area contributed by atoms with E-state index in [2.05, 4.69) is 162 Å². The van der Waals surface area contributed by atoms with Gasteiger partial charge in [-0.25, -0.2) is 9.37 Å². The molecule has 9 aromatic carbocycles. The maximum Gasteiger partial charge on any atom is 0.145 e. The van der Waals surface area contributed by atoms with Gasteiger partial charge in [-0.3, -0.25) is 4.57 Å². The van der Waals surface area contributed by atoms with Crippen LogP contribution in [0.1, 0.15) is 0 Å². The van der Waals surface area contributed by atoms with E-state index < -0.39 is 0 Å². The van der Waals surface area contributed by atoms with Crippen LogP contribution in [0.3, 0.4) is 0 Å². The Morgan fingerprint density at radius 2 is 0.860 bits per heavy atom. The average molecular weight is 641 g/mol. The summed E-state index contributed by atoms with van der Waals surface area (Å²) in [5, 5.41) is 9.88. The van der Waals surface area contributed by atoms with Gasteiger partial charge in [0.25, 0.3) is 0 Å². The number of hydrogen-bond acceptors (Lipinski definition) is 1. The molecule has 0 N–H and O–H groups in total. The Kier molecular flexibility index (Phi) is 6.40. The van der Waals surface area contributed by atoms with Crippen LogP contribution in [0.15, 0.2) is 176 Å². The summed E-state index contributed by atoms with van der Waals surface area (Å²) in [6.07, 6.45) is 0. The molecular formula is C47H29FN2. The van der Waals surface area contributed by atoms with Crippen LogP contribution in [0, 0.1) is 5.82 Å². The number of imidazole rings is 1. The molecule has 2 nitrogen and oxygen atoms in total. The summed E-state index contributed by atoms with van der Waals surface area (Å²) >= 11 is 0. The number of rotatable bonds is 4. The van der Waals surface area contributed by atoms with Crippen molar-refractivity contribution in [1.29, 1.82) is 0 Å². The van der Waals surface area contributed by atoms with Crippen LogP contribution in [0.25, 0.3) is 93.5 Å². The van der Waals surface area contributed by atoms with Crippen molar-refractivity contribution in [2.75, 3.05) is 0 Å². The highest BCUT2D eigenvalue weighted by molar-refractivity contribution is 6.15. The van der Waals surface area contributed by atoms with E-state index in [0.29, 0.717) is 5.52 Å². The first-order chi connectivity index (χ1) is 24.7. The predicted molar refractivity (Wildman–Crippen MR) is 207 cm³/mol. The van der Waals surface area contributed by atoms with Crippen LogP contribution in [0.4, 0.5) is 4.39 Å². The minimum Gasteiger partial charge on any atom is -0.292 e. The number of hydrogen-bond donors (Lipinski definition) is 0. The first-order valence-corrected chi connectivity index (χ1v) is 16.9. The van der Waals surface area contributed by atoms with Crippen LogP contribution >= 0.6 is 0 Å². The third kappa shape index (κ3) is 4.52. The summed E-state index contributed by atoms with van der Waals surface area (Å²) in [6.45, 7) is 0. The molecule has 10 rings (SSSR count). The Labute approximate surface area is 288 Å². The van der Waals surface area contributed by atoms with Crippen molar-refractivity contribution < 1.29 is 4.39 Å². The maximum atomic E-state index is 14.5. The average Bonchev–Trinajstić information content (AvgIpc) is 3.56. The molecule has 3 heteroatoms. The van der Waals surface area contributed by atoms with Gasteiger partial charge in [0.2, 0.25) is 0 Å². The summed E-state index contributed by atoms with van der Waals surface area (Å²) in [4.78, 5) is 4.99. The fourth-order valence-electron chi connectivity index (χ4n) is 7.68. The first-order valence-electron chi connectivity index (χ1n) is 16.9. The molecule has 234 valence electrons. The molecule has 0 aliphatic rings. The smallest absolute Gasteiger partial charge is 0.145 e. The molecule has 0 spiro atoms. The van der Waals surface area contributed by atoms with Crippen LogP contribution in [-0.2, 0) is 0 Å². The Balaban J connectivity index is 1.09. The Morgan fingerprint density at radius 3 is 1.42 bits per heavy atom. The van der Waals surface area contributed by atoms with E-state index in [-0.39, 0.29) is 5.82 Å². The minimum atomic E-state index is -0.300. The fraction of sp³-hybridized carbons (Fsp3) is 0. The summed E-state index contributed by atoms with van der Waals surface area (Å²) in [5.74, 6) is 0.468. The van der Waals surface area contributed by atoms with Gasteiger partial charge in [-0.05, 0) is 102 Å². The van der Waals surface area contributed by atoms with Crippen LogP contribution in [0.2, 0.25) is 0 Å². The van der Waals surface area contributed by atoms with Crippen molar-refractivity contribution in [3.63, 3.8) is 0 Å². The standard InChI is InChI=1S/C47H29FN2/c48-35-23-26-46-45(29-35)49-47(32-19-17-30(18-20-32)43-27-33-9-1-3-11-37(33)39-13-5-7-15-41(39)43)50(46)36-24-21-31(22-25-36)44-28-34-10-2-4-12-38(34)40-14-6-8-16-42(40)44/h1-29H. The molecule has 0 bridgehead atoms. The number of nitrogens with zero attached hydrogens (tertiary/aromatic N) is 2. The van der Waals surface area contributed by atoms with E-state index in [1.807, 2.05) is 6.07 Å². The van der Waals surface area contributed by atoms with E-state index in [1.54, 1.807) is 0 Å². The Hall–Kier alpha value is -6.58. The van der Waals surface area contributed by atoms with E-state index in [9.17, 15) is 4.39 Å². The van der Waals surface area contributed by atoms with E-state index in [4.69, 9.17) is 4.98 Å². The molecule has 1 heterocycles. The van der Waals surface area contributed by atoms with Gasteiger partial charge in [0.05, 0.1) is 11.0 Å². The monoisotopic (exact) mass is 640 g/mol. The molecule has 0 saturated carbocycles. The van der Waals surface area contributed by atoms with Gasteiger partial charge in [0.15, 0.2) is 0 Å². The number of aromatic nitrogens is 2. The predicted octanol–water partition coefficient (Wildman–Crippen LogP) is 12.8. The van der Waals surface area contributed by atoms with Crippen LogP contribution in [0.5, 0.6) is 0 Å². The van der Waals surface area contributed by atoms with Gasteiger partial charge >= 0.3 is 0 Å². The van der Waals surface area contributed by atoms with Gasteiger partial charge in [0, 0.05) is 17.3 Å². The fourth-order valence-corrected chi connectivity index (χ4v) is 7.68. The molecule has 1 aromatic heterocycles. The molecule has 10 aromatic rings. The lowest BCUT2D eigenvalue weighted by atomic mass is 9.93. The van der Waals surface area contributed by atoms with E-state index >= 15 is 0 Å². The minimum absolute atomic E-state index is 0.300. The van der Waals surface area contributed by atoms with Gasteiger partial charge < -0.3 is 0 Å². The molecular weight excluding hydrogens is 612 g/mol. The molecule has 0 aliphatic carbocycles.